The van der Waals surface area contributed by atoms with E-state index in [2.05, 4.69) is 24.5 Å². The van der Waals surface area contributed by atoms with Crippen LogP contribution in [0.3, 0.4) is 0 Å². The molecule has 1 aliphatic rings. The summed E-state index contributed by atoms with van der Waals surface area (Å²) in [6.07, 6.45) is 0. The Balaban J connectivity index is 0. The van der Waals surface area contributed by atoms with Crippen LogP contribution >= 0.6 is 24.8 Å². The van der Waals surface area contributed by atoms with Crippen LogP contribution in [-0.4, -0.2) is 25.2 Å². The Kier molecular flexibility index (Phi) is 8.17. The van der Waals surface area contributed by atoms with Crippen LogP contribution in [0.5, 0.6) is 0 Å². The zero-order valence-electron chi connectivity index (χ0n) is 6.39. The average Bonchev–Trinajstić information content (AvgIpc) is 1.77. The van der Waals surface area contributed by atoms with Crippen LogP contribution in [0.2, 0.25) is 0 Å². The summed E-state index contributed by atoms with van der Waals surface area (Å²) in [6, 6.07) is 1.28. The average molecular weight is 187 g/mol. The molecule has 0 spiro atoms. The predicted molar refractivity (Wildman–Crippen MR) is 49.4 cm³/mol. The highest BCUT2D eigenvalue weighted by atomic mass is 35.5. The van der Waals surface area contributed by atoms with Crippen molar-refractivity contribution in [3.8, 4) is 0 Å². The van der Waals surface area contributed by atoms with Crippen LogP contribution in [-0.2, 0) is 0 Å². The van der Waals surface area contributed by atoms with E-state index in [-0.39, 0.29) is 24.8 Å². The lowest BCUT2D eigenvalue weighted by molar-refractivity contribution is 0.358. The summed E-state index contributed by atoms with van der Waals surface area (Å²) in [7, 11) is 0. The fraction of sp³-hybridized carbons (Fsp3) is 1.00. The van der Waals surface area contributed by atoms with Crippen LogP contribution in [0.25, 0.3) is 0 Å². The molecule has 2 N–H and O–H groups in total. The topological polar surface area (TPSA) is 24.1 Å². The molecule has 0 amide bonds. The van der Waals surface area contributed by atoms with Crippen molar-refractivity contribution in [1.82, 2.24) is 10.6 Å². The van der Waals surface area contributed by atoms with Gasteiger partial charge in [-0.05, 0) is 13.8 Å². The molecular weight excluding hydrogens is 171 g/mol. The van der Waals surface area contributed by atoms with Crippen molar-refractivity contribution in [2.45, 2.75) is 25.9 Å². The second-order valence-electron chi connectivity index (χ2n) is 2.49. The number of hydrogen-bond donors (Lipinski definition) is 2. The molecule has 1 rings (SSSR count). The quantitative estimate of drug-likeness (QED) is 0.586. The summed E-state index contributed by atoms with van der Waals surface area (Å²) < 4.78 is 0. The second-order valence-corrected chi connectivity index (χ2v) is 2.49. The monoisotopic (exact) mass is 186 g/mol. The summed E-state index contributed by atoms with van der Waals surface area (Å²) >= 11 is 0. The number of piperazine rings is 1. The molecule has 0 radical (unpaired) electrons. The van der Waals surface area contributed by atoms with E-state index >= 15 is 0 Å². The molecule has 64 valence electrons. The van der Waals surface area contributed by atoms with Crippen LogP contribution < -0.4 is 10.6 Å². The SMILES string of the molecule is CC1NCCNC1C.Cl.Cl. The third-order valence-corrected chi connectivity index (χ3v) is 1.81. The normalized spacial score (nSPS) is 31.8. The summed E-state index contributed by atoms with van der Waals surface area (Å²) in [5, 5.41) is 6.74. The molecule has 1 fully saturated rings. The van der Waals surface area contributed by atoms with E-state index in [1.807, 2.05) is 0 Å². The molecule has 1 heterocycles. The second kappa shape index (κ2) is 6.23. The molecule has 4 heteroatoms. The van der Waals surface area contributed by atoms with Crippen molar-refractivity contribution in [3.05, 3.63) is 0 Å². The molecule has 2 nitrogen and oxygen atoms in total. The predicted octanol–water partition coefficient (Wildman–Crippen LogP) is 0.800. The van der Waals surface area contributed by atoms with Gasteiger partial charge in [-0.2, -0.15) is 0 Å². The Morgan fingerprint density at radius 1 is 0.900 bits per heavy atom. The first-order valence-corrected chi connectivity index (χ1v) is 3.27. The van der Waals surface area contributed by atoms with E-state index < -0.39 is 0 Å². The van der Waals surface area contributed by atoms with Gasteiger partial charge in [0.05, 0.1) is 0 Å². The lowest BCUT2D eigenvalue weighted by Crippen LogP contribution is -2.52. The molecule has 10 heavy (non-hydrogen) atoms. The van der Waals surface area contributed by atoms with Gasteiger partial charge in [-0.1, -0.05) is 0 Å². The Bertz CT molecular complexity index is 70.1. The van der Waals surface area contributed by atoms with Crippen LogP contribution in [0.1, 0.15) is 13.8 Å². The summed E-state index contributed by atoms with van der Waals surface area (Å²) in [6.45, 7) is 6.64. The van der Waals surface area contributed by atoms with Gasteiger partial charge in [-0.15, -0.1) is 24.8 Å². The molecule has 0 aliphatic carbocycles. The van der Waals surface area contributed by atoms with Gasteiger partial charge >= 0.3 is 0 Å². The number of halogens is 2. The number of rotatable bonds is 0. The van der Waals surface area contributed by atoms with Crippen molar-refractivity contribution in [1.29, 1.82) is 0 Å². The summed E-state index contributed by atoms with van der Waals surface area (Å²) in [5.74, 6) is 0. The highest BCUT2D eigenvalue weighted by Crippen LogP contribution is 1.93. The molecule has 1 aliphatic heterocycles. The van der Waals surface area contributed by atoms with Crippen LogP contribution in [0.15, 0.2) is 0 Å². The van der Waals surface area contributed by atoms with Gasteiger partial charge < -0.3 is 10.6 Å². The zero-order chi connectivity index (χ0) is 5.98. The Morgan fingerprint density at radius 3 is 1.40 bits per heavy atom. The maximum absolute atomic E-state index is 3.37. The van der Waals surface area contributed by atoms with Gasteiger partial charge in [-0.25, -0.2) is 0 Å². The number of nitrogens with one attached hydrogen (secondary N) is 2. The zero-order valence-corrected chi connectivity index (χ0v) is 8.02. The van der Waals surface area contributed by atoms with E-state index in [9.17, 15) is 0 Å². The summed E-state index contributed by atoms with van der Waals surface area (Å²) in [5.41, 5.74) is 0. The molecular formula is C6H16Cl2N2. The third-order valence-electron chi connectivity index (χ3n) is 1.81. The van der Waals surface area contributed by atoms with Gasteiger partial charge in [0.25, 0.3) is 0 Å². The largest absolute Gasteiger partial charge is 0.311 e. The maximum atomic E-state index is 3.37. The van der Waals surface area contributed by atoms with Crippen molar-refractivity contribution in [3.63, 3.8) is 0 Å². The first-order valence-electron chi connectivity index (χ1n) is 3.27. The maximum Gasteiger partial charge on any atom is 0.0190 e. The minimum atomic E-state index is 0. The third kappa shape index (κ3) is 3.62. The van der Waals surface area contributed by atoms with E-state index in [4.69, 9.17) is 0 Å². The highest BCUT2D eigenvalue weighted by Gasteiger charge is 2.13. The molecule has 1 saturated heterocycles. The Morgan fingerprint density at radius 2 is 1.20 bits per heavy atom. The highest BCUT2D eigenvalue weighted by molar-refractivity contribution is 5.85. The first-order chi connectivity index (χ1) is 3.80. The fourth-order valence-corrected chi connectivity index (χ4v) is 0.953. The Hall–Kier alpha value is 0.500. The molecule has 2 atom stereocenters. The molecule has 0 aromatic heterocycles. The smallest absolute Gasteiger partial charge is 0.0190 e. The minimum absolute atomic E-state index is 0. The van der Waals surface area contributed by atoms with Crippen molar-refractivity contribution in [2.24, 2.45) is 0 Å². The molecule has 0 aromatic rings. The van der Waals surface area contributed by atoms with Crippen molar-refractivity contribution >= 4 is 24.8 Å². The van der Waals surface area contributed by atoms with Crippen molar-refractivity contribution in [2.75, 3.05) is 13.1 Å². The van der Waals surface area contributed by atoms with Crippen molar-refractivity contribution < 1.29 is 0 Å². The van der Waals surface area contributed by atoms with Gasteiger partial charge in [0.2, 0.25) is 0 Å². The fourth-order valence-electron chi connectivity index (χ4n) is 0.953. The molecule has 0 saturated carbocycles. The van der Waals surface area contributed by atoms with E-state index in [1.54, 1.807) is 0 Å². The number of hydrogen-bond acceptors (Lipinski definition) is 2. The van der Waals surface area contributed by atoms with E-state index in [0.29, 0.717) is 12.1 Å². The van der Waals surface area contributed by atoms with Crippen LogP contribution in [0.4, 0.5) is 0 Å². The Labute approximate surface area is 75.0 Å². The standard InChI is InChI=1S/C6H14N2.2ClH/c1-5-6(2)8-4-3-7-5;;/h5-8H,3-4H2,1-2H3;2*1H. The molecule has 2 unspecified atom stereocenters. The van der Waals surface area contributed by atoms with Gasteiger partial charge in [0.15, 0.2) is 0 Å². The summed E-state index contributed by atoms with van der Waals surface area (Å²) in [4.78, 5) is 0. The lowest BCUT2D eigenvalue weighted by atomic mass is 10.1. The van der Waals surface area contributed by atoms with Gasteiger partial charge in [0.1, 0.15) is 0 Å². The van der Waals surface area contributed by atoms with E-state index in [1.165, 1.54) is 0 Å². The van der Waals surface area contributed by atoms with Crippen LogP contribution in [0, 0.1) is 0 Å². The molecule has 0 bridgehead atoms. The van der Waals surface area contributed by atoms with Gasteiger partial charge in [-0.3, -0.25) is 0 Å². The lowest BCUT2D eigenvalue weighted by Gasteiger charge is -2.27. The minimum Gasteiger partial charge on any atom is -0.311 e. The van der Waals surface area contributed by atoms with E-state index in [0.717, 1.165) is 13.1 Å². The molecule has 0 aromatic carbocycles. The van der Waals surface area contributed by atoms with Gasteiger partial charge in [0, 0.05) is 25.2 Å². The first kappa shape index (κ1) is 13.1.